The Morgan fingerprint density at radius 2 is 1.56 bits per heavy atom. The van der Waals surface area contributed by atoms with Crippen LogP contribution in [0.1, 0.15) is 39.5 Å². The van der Waals surface area contributed by atoms with E-state index in [1.54, 1.807) is 6.07 Å². The normalized spacial score (nSPS) is 10.1. The van der Waals surface area contributed by atoms with Gasteiger partial charge in [0.05, 0.1) is 5.56 Å². The highest BCUT2D eigenvalue weighted by Crippen LogP contribution is 2.21. The van der Waals surface area contributed by atoms with Gasteiger partial charge in [-0.3, -0.25) is 4.79 Å². The first kappa shape index (κ1) is 12.4. The molecule has 0 heterocycles. The largest absolute Gasteiger partial charge is 0.390 e. The van der Waals surface area contributed by atoms with E-state index in [-0.39, 0.29) is 0 Å². The Bertz CT molecular complexity index is 459. The third-order valence-corrected chi connectivity index (χ3v) is 2.94. The Labute approximate surface area is 95.4 Å². The zero-order valence-corrected chi connectivity index (χ0v) is 10.3. The number of hydrogen-bond donors (Lipinski definition) is 0. The molecular formula is C13H16O3. The van der Waals surface area contributed by atoms with Crippen molar-refractivity contribution >= 4 is 11.9 Å². The van der Waals surface area contributed by atoms with E-state index in [2.05, 4.69) is 4.74 Å². The first-order valence-electron chi connectivity index (χ1n) is 5.14. The van der Waals surface area contributed by atoms with Crippen LogP contribution in [0.15, 0.2) is 6.07 Å². The van der Waals surface area contributed by atoms with E-state index in [0.29, 0.717) is 5.56 Å². The van der Waals surface area contributed by atoms with Crippen LogP contribution in [0.2, 0.25) is 0 Å². The van der Waals surface area contributed by atoms with Crippen LogP contribution in [0, 0.1) is 27.7 Å². The van der Waals surface area contributed by atoms with Crippen LogP contribution in [0.3, 0.4) is 0 Å². The molecule has 0 aromatic heterocycles. The fraction of sp³-hybridized carbons (Fsp3) is 0.385. The number of esters is 2. The van der Waals surface area contributed by atoms with Crippen LogP contribution in [-0.4, -0.2) is 11.9 Å². The van der Waals surface area contributed by atoms with Crippen LogP contribution in [0.5, 0.6) is 0 Å². The van der Waals surface area contributed by atoms with Crippen molar-refractivity contribution in [1.29, 1.82) is 0 Å². The number of benzene rings is 1. The lowest BCUT2D eigenvalue weighted by molar-refractivity contribution is -0.135. The second-order valence-corrected chi connectivity index (χ2v) is 4.00. The number of rotatable bonds is 1. The van der Waals surface area contributed by atoms with Gasteiger partial charge in [0.2, 0.25) is 0 Å². The summed E-state index contributed by atoms with van der Waals surface area (Å²) in [6.07, 6.45) is 0. The molecule has 1 rings (SSSR count). The molecule has 0 saturated carbocycles. The van der Waals surface area contributed by atoms with Crippen molar-refractivity contribution in [1.82, 2.24) is 0 Å². The minimum absolute atomic E-state index is 0.468. The summed E-state index contributed by atoms with van der Waals surface area (Å²) in [7, 11) is 0. The van der Waals surface area contributed by atoms with E-state index in [4.69, 9.17) is 0 Å². The van der Waals surface area contributed by atoms with Gasteiger partial charge in [0.25, 0.3) is 0 Å². The first-order valence-corrected chi connectivity index (χ1v) is 5.14. The van der Waals surface area contributed by atoms with Gasteiger partial charge in [-0.05, 0) is 56.0 Å². The molecule has 1 aromatic rings. The summed E-state index contributed by atoms with van der Waals surface area (Å²) in [4.78, 5) is 22.4. The third-order valence-electron chi connectivity index (χ3n) is 2.94. The van der Waals surface area contributed by atoms with Gasteiger partial charge in [0, 0.05) is 6.92 Å². The number of ether oxygens (including phenoxy) is 1. The summed E-state index contributed by atoms with van der Waals surface area (Å²) in [6.45, 7) is 8.99. The van der Waals surface area contributed by atoms with E-state index >= 15 is 0 Å². The molecule has 0 unspecified atom stereocenters. The molecule has 1 aromatic carbocycles. The first-order chi connectivity index (χ1) is 7.34. The highest BCUT2D eigenvalue weighted by atomic mass is 16.6. The maximum absolute atomic E-state index is 11.6. The standard InChI is InChI=1S/C13H16O3/c1-7-6-12(13(15)16-11(5)14)10(4)9(3)8(7)2/h6H,1-5H3. The fourth-order valence-electron chi connectivity index (χ4n) is 1.61. The fourth-order valence-corrected chi connectivity index (χ4v) is 1.61. The Balaban J connectivity index is 3.25. The minimum atomic E-state index is -0.583. The molecule has 3 heteroatoms. The Hall–Kier alpha value is -1.64. The number of aryl methyl sites for hydroxylation is 1. The van der Waals surface area contributed by atoms with Crippen molar-refractivity contribution in [3.05, 3.63) is 33.9 Å². The second-order valence-electron chi connectivity index (χ2n) is 4.00. The molecular weight excluding hydrogens is 204 g/mol. The van der Waals surface area contributed by atoms with Gasteiger partial charge in [-0.1, -0.05) is 0 Å². The van der Waals surface area contributed by atoms with Gasteiger partial charge in [-0.15, -0.1) is 0 Å². The van der Waals surface area contributed by atoms with E-state index < -0.39 is 11.9 Å². The van der Waals surface area contributed by atoms with Gasteiger partial charge < -0.3 is 4.74 Å². The second kappa shape index (κ2) is 4.47. The highest BCUT2D eigenvalue weighted by Gasteiger charge is 2.16. The predicted octanol–water partition coefficient (Wildman–Crippen LogP) is 2.62. The number of carbonyl (C=O) groups excluding carboxylic acids is 2. The molecule has 0 fully saturated rings. The molecule has 0 amide bonds. The maximum atomic E-state index is 11.6. The van der Waals surface area contributed by atoms with Crippen LogP contribution in [0.25, 0.3) is 0 Å². The lowest BCUT2D eigenvalue weighted by Crippen LogP contribution is -2.12. The van der Waals surface area contributed by atoms with Crippen molar-refractivity contribution in [3.8, 4) is 0 Å². The lowest BCUT2D eigenvalue weighted by Gasteiger charge is -2.12. The highest BCUT2D eigenvalue weighted by molar-refractivity contribution is 5.97. The molecule has 0 bridgehead atoms. The summed E-state index contributed by atoms with van der Waals surface area (Å²) in [5.41, 5.74) is 4.59. The zero-order chi connectivity index (χ0) is 12.5. The molecule has 0 aliphatic heterocycles. The van der Waals surface area contributed by atoms with E-state index in [1.165, 1.54) is 6.92 Å². The molecule has 0 saturated heterocycles. The van der Waals surface area contributed by atoms with Gasteiger partial charge in [0.1, 0.15) is 0 Å². The van der Waals surface area contributed by atoms with Crippen LogP contribution in [-0.2, 0) is 9.53 Å². The van der Waals surface area contributed by atoms with Crippen LogP contribution in [0.4, 0.5) is 0 Å². The van der Waals surface area contributed by atoms with Gasteiger partial charge in [-0.2, -0.15) is 0 Å². The predicted molar refractivity (Wildman–Crippen MR) is 61.5 cm³/mol. The number of carbonyl (C=O) groups is 2. The zero-order valence-electron chi connectivity index (χ0n) is 10.3. The molecule has 0 radical (unpaired) electrons. The Kier molecular flexibility index (Phi) is 3.48. The minimum Gasteiger partial charge on any atom is -0.390 e. The van der Waals surface area contributed by atoms with Gasteiger partial charge >= 0.3 is 11.9 Å². The molecule has 3 nitrogen and oxygen atoms in total. The third kappa shape index (κ3) is 2.30. The summed E-state index contributed by atoms with van der Waals surface area (Å²) in [5.74, 6) is -1.16. The van der Waals surface area contributed by atoms with Crippen molar-refractivity contribution in [2.75, 3.05) is 0 Å². The molecule has 0 N–H and O–H groups in total. The molecule has 0 atom stereocenters. The van der Waals surface area contributed by atoms with Gasteiger partial charge in [-0.25, -0.2) is 4.79 Å². The topological polar surface area (TPSA) is 43.4 Å². The summed E-state index contributed by atoms with van der Waals surface area (Å²) in [6, 6.07) is 1.77. The van der Waals surface area contributed by atoms with Gasteiger partial charge in [0.15, 0.2) is 0 Å². The quantitative estimate of drug-likeness (QED) is 0.539. The van der Waals surface area contributed by atoms with Crippen LogP contribution < -0.4 is 0 Å². The smallest absolute Gasteiger partial charge is 0.346 e. The molecule has 0 aliphatic rings. The molecule has 86 valence electrons. The molecule has 0 spiro atoms. The summed E-state index contributed by atoms with van der Waals surface area (Å²) < 4.78 is 4.59. The van der Waals surface area contributed by atoms with E-state index in [0.717, 1.165) is 22.3 Å². The van der Waals surface area contributed by atoms with Crippen LogP contribution >= 0.6 is 0 Å². The van der Waals surface area contributed by atoms with Crippen molar-refractivity contribution in [3.63, 3.8) is 0 Å². The maximum Gasteiger partial charge on any atom is 0.346 e. The Morgan fingerprint density at radius 1 is 1.00 bits per heavy atom. The van der Waals surface area contributed by atoms with Crippen molar-refractivity contribution < 1.29 is 14.3 Å². The Morgan fingerprint density at radius 3 is 2.06 bits per heavy atom. The lowest BCUT2D eigenvalue weighted by atomic mass is 9.95. The van der Waals surface area contributed by atoms with Crippen molar-refractivity contribution in [2.45, 2.75) is 34.6 Å². The average Bonchev–Trinajstić information content (AvgIpc) is 2.19. The summed E-state index contributed by atoms with van der Waals surface area (Å²) >= 11 is 0. The molecule has 0 aliphatic carbocycles. The van der Waals surface area contributed by atoms with E-state index in [9.17, 15) is 9.59 Å². The summed E-state index contributed by atoms with van der Waals surface area (Å²) in [5, 5.41) is 0. The van der Waals surface area contributed by atoms with E-state index in [1.807, 2.05) is 27.7 Å². The van der Waals surface area contributed by atoms with Crippen molar-refractivity contribution in [2.24, 2.45) is 0 Å². The monoisotopic (exact) mass is 220 g/mol. The number of hydrogen-bond acceptors (Lipinski definition) is 3. The SMILES string of the molecule is CC(=O)OC(=O)c1cc(C)c(C)c(C)c1C. The average molecular weight is 220 g/mol. The molecule has 16 heavy (non-hydrogen) atoms.